The Morgan fingerprint density at radius 1 is 1.26 bits per heavy atom. The molecule has 1 aromatic carbocycles. The molecule has 0 unspecified atom stereocenters. The molecule has 2 aromatic rings. The Hall–Kier alpha value is -1.08. The highest BCUT2D eigenvalue weighted by atomic mass is 32.9. The van der Waals surface area contributed by atoms with Crippen LogP contribution >= 0.6 is 32.9 Å². The van der Waals surface area contributed by atoms with E-state index in [9.17, 15) is 4.79 Å². The molecule has 0 aliphatic carbocycles. The quantitative estimate of drug-likeness (QED) is 0.453. The summed E-state index contributed by atoms with van der Waals surface area (Å²) >= 11 is 5.66. The van der Waals surface area contributed by atoms with E-state index >= 15 is 0 Å². The Bertz CT molecular complexity index is 935. The summed E-state index contributed by atoms with van der Waals surface area (Å²) in [4.78, 5) is 19.1. The normalized spacial score (nSPS) is 19.6. The number of fused-ring (bicyclic) bond motifs is 3. The SMILES string of the molecule is Cc1ccc2c(c1)-c1c(ssc1=S)C(C)(C)N2C(=O)CN1CCC(C)CC1. The molecular weight excluding hydrogens is 392 g/mol. The molecule has 1 saturated heterocycles. The van der Waals surface area contributed by atoms with E-state index in [0.717, 1.165) is 34.1 Å². The Balaban J connectivity index is 1.74. The maximum Gasteiger partial charge on any atom is 0.241 e. The monoisotopic (exact) mass is 418 g/mol. The lowest BCUT2D eigenvalue weighted by Gasteiger charge is -2.44. The average molecular weight is 419 g/mol. The van der Waals surface area contributed by atoms with Crippen molar-refractivity contribution in [1.82, 2.24) is 4.90 Å². The average Bonchev–Trinajstić information content (AvgIpc) is 3.00. The lowest BCUT2D eigenvalue weighted by atomic mass is 9.86. The summed E-state index contributed by atoms with van der Waals surface area (Å²) in [5, 5.41) is 0. The van der Waals surface area contributed by atoms with E-state index in [2.05, 4.69) is 50.8 Å². The molecule has 6 heteroatoms. The molecular formula is C21H26N2OS3. The first-order chi connectivity index (χ1) is 12.8. The van der Waals surface area contributed by atoms with Gasteiger partial charge in [-0.05, 0) is 64.8 Å². The summed E-state index contributed by atoms with van der Waals surface area (Å²) < 4.78 is 0.937. The highest BCUT2D eigenvalue weighted by molar-refractivity contribution is 7.80. The van der Waals surface area contributed by atoms with Gasteiger partial charge in [-0.15, -0.1) is 0 Å². The lowest BCUT2D eigenvalue weighted by Crippen LogP contribution is -2.52. The van der Waals surface area contributed by atoms with Crippen LogP contribution in [0.25, 0.3) is 11.1 Å². The van der Waals surface area contributed by atoms with Gasteiger partial charge in [0.15, 0.2) is 0 Å². The molecule has 4 rings (SSSR count). The number of benzene rings is 1. The fraction of sp³-hybridized carbons (Fsp3) is 0.524. The Kier molecular flexibility index (Phi) is 5.04. The first-order valence-corrected chi connectivity index (χ1v) is 12.1. The summed E-state index contributed by atoms with van der Waals surface area (Å²) in [5.74, 6) is 0.960. The number of nitrogens with zero attached hydrogens (tertiary/aromatic N) is 2. The van der Waals surface area contributed by atoms with Crippen molar-refractivity contribution in [3.63, 3.8) is 0 Å². The van der Waals surface area contributed by atoms with Crippen LogP contribution in [0.4, 0.5) is 5.69 Å². The number of likely N-dealkylation sites (tertiary alicyclic amines) is 1. The molecule has 0 bridgehead atoms. The third-order valence-electron chi connectivity index (χ3n) is 5.89. The number of carbonyl (C=O) groups excluding carboxylic acids is 1. The molecule has 0 N–H and O–H groups in total. The van der Waals surface area contributed by atoms with Gasteiger partial charge in [-0.25, -0.2) is 0 Å². The van der Waals surface area contributed by atoms with Crippen LogP contribution in [0.3, 0.4) is 0 Å². The van der Waals surface area contributed by atoms with Crippen molar-refractivity contribution < 1.29 is 4.79 Å². The summed E-state index contributed by atoms with van der Waals surface area (Å²) in [6.45, 7) is 11.2. The molecule has 2 aliphatic rings. The summed E-state index contributed by atoms with van der Waals surface area (Å²) in [6.07, 6.45) is 2.37. The van der Waals surface area contributed by atoms with Crippen LogP contribution in [0.5, 0.6) is 0 Å². The third kappa shape index (κ3) is 3.31. The van der Waals surface area contributed by atoms with Gasteiger partial charge in [-0.1, -0.05) is 51.5 Å². The van der Waals surface area contributed by atoms with E-state index in [0.29, 0.717) is 6.54 Å². The van der Waals surface area contributed by atoms with Crippen LogP contribution < -0.4 is 4.90 Å². The number of rotatable bonds is 2. The van der Waals surface area contributed by atoms with Gasteiger partial charge in [0.25, 0.3) is 0 Å². The predicted molar refractivity (Wildman–Crippen MR) is 119 cm³/mol. The number of anilines is 1. The molecule has 144 valence electrons. The number of amides is 1. The number of aryl methyl sites for hydroxylation is 1. The van der Waals surface area contributed by atoms with Crippen molar-refractivity contribution in [3.8, 4) is 11.1 Å². The van der Waals surface area contributed by atoms with Crippen molar-refractivity contribution in [1.29, 1.82) is 0 Å². The standard InChI is InChI=1S/C21H26N2OS3/c1-13-7-9-22(10-8-13)12-17(24)23-16-6-5-14(2)11-15(16)18-19(21(23,3)4)26-27-20(18)25/h5-6,11,13H,7-10,12H2,1-4H3. The zero-order valence-electron chi connectivity index (χ0n) is 16.4. The van der Waals surface area contributed by atoms with Crippen molar-refractivity contribution in [2.24, 2.45) is 5.92 Å². The topological polar surface area (TPSA) is 23.6 Å². The first kappa shape index (κ1) is 19.2. The van der Waals surface area contributed by atoms with Gasteiger partial charge in [-0.3, -0.25) is 9.69 Å². The minimum Gasteiger partial charge on any atom is -0.300 e. The number of piperidine rings is 1. The molecule has 0 spiro atoms. The molecule has 2 aliphatic heterocycles. The maximum atomic E-state index is 13.5. The van der Waals surface area contributed by atoms with Gasteiger partial charge in [0.1, 0.15) is 3.82 Å². The van der Waals surface area contributed by atoms with E-state index < -0.39 is 0 Å². The lowest BCUT2D eigenvalue weighted by molar-refractivity contribution is -0.121. The van der Waals surface area contributed by atoms with E-state index in [-0.39, 0.29) is 11.4 Å². The molecule has 1 fully saturated rings. The van der Waals surface area contributed by atoms with Crippen LogP contribution in [-0.2, 0) is 10.3 Å². The highest BCUT2D eigenvalue weighted by Crippen LogP contribution is 2.52. The third-order valence-corrected chi connectivity index (χ3v) is 9.22. The molecule has 0 radical (unpaired) electrons. The van der Waals surface area contributed by atoms with Crippen LogP contribution in [0.15, 0.2) is 18.2 Å². The van der Waals surface area contributed by atoms with Crippen molar-refractivity contribution >= 4 is 44.5 Å². The number of hydrogen-bond acceptors (Lipinski definition) is 5. The zero-order chi connectivity index (χ0) is 19.3. The Morgan fingerprint density at radius 2 is 1.96 bits per heavy atom. The van der Waals surface area contributed by atoms with Gasteiger partial charge in [0.2, 0.25) is 5.91 Å². The molecule has 1 amide bonds. The minimum absolute atomic E-state index is 0.189. The van der Waals surface area contributed by atoms with Gasteiger partial charge in [0, 0.05) is 11.1 Å². The highest BCUT2D eigenvalue weighted by Gasteiger charge is 2.43. The predicted octanol–water partition coefficient (Wildman–Crippen LogP) is 5.83. The van der Waals surface area contributed by atoms with E-state index in [4.69, 9.17) is 12.2 Å². The summed E-state index contributed by atoms with van der Waals surface area (Å²) in [5.41, 5.74) is 4.11. The van der Waals surface area contributed by atoms with E-state index in [1.165, 1.54) is 28.8 Å². The zero-order valence-corrected chi connectivity index (χ0v) is 18.8. The van der Waals surface area contributed by atoms with Crippen molar-refractivity contribution in [2.45, 2.75) is 46.1 Å². The van der Waals surface area contributed by atoms with Gasteiger partial charge in [-0.2, -0.15) is 0 Å². The van der Waals surface area contributed by atoms with Crippen molar-refractivity contribution in [3.05, 3.63) is 32.5 Å². The molecule has 0 saturated carbocycles. The first-order valence-electron chi connectivity index (χ1n) is 9.59. The fourth-order valence-electron chi connectivity index (χ4n) is 4.27. The minimum atomic E-state index is -0.379. The molecule has 3 heterocycles. The number of carbonyl (C=O) groups is 1. The second-order valence-electron chi connectivity index (χ2n) is 8.43. The largest absolute Gasteiger partial charge is 0.300 e. The van der Waals surface area contributed by atoms with Gasteiger partial charge < -0.3 is 4.90 Å². The van der Waals surface area contributed by atoms with Crippen LogP contribution in [-0.4, -0.2) is 30.4 Å². The van der Waals surface area contributed by atoms with E-state index in [1.54, 1.807) is 20.7 Å². The van der Waals surface area contributed by atoms with Gasteiger partial charge in [0.05, 0.1) is 22.6 Å². The van der Waals surface area contributed by atoms with Crippen LogP contribution in [0.2, 0.25) is 0 Å². The molecule has 1 aromatic heterocycles. The van der Waals surface area contributed by atoms with Gasteiger partial charge >= 0.3 is 0 Å². The van der Waals surface area contributed by atoms with Crippen LogP contribution in [0, 0.1) is 16.7 Å². The second kappa shape index (κ2) is 7.07. The molecule has 3 nitrogen and oxygen atoms in total. The summed E-state index contributed by atoms with van der Waals surface area (Å²) in [7, 11) is 3.38. The maximum absolute atomic E-state index is 13.5. The summed E-state index contributed by atoms with van der Waals surface area (Å²) in [6, 6.07) is 6.38. The number of hydrogen-bond donors (Lipinski definition) is 0. The van der Waals surface area contributed by atoms with E-state index in [1.807, 2.05) is 4.90 Å². The Labute approximate surface area is 174 Å². The Morgan fingerprint density at radius 3 is 2.67 bits per heavy atom. The van der Waals surface area contributed by atoms with Crippen LogP contribution in [0.1, 0.15) is 44.1 Å². The fourth-order valence-corrected chi connectivity index (χ4v) is 7.55. The smallest absolute Gasteiger partial charge is 0.241 e. The van der Waals surface area contributed by atoms with Crippen molar-refractivity contribution in [2.75, 3.05) is 24.5 Å². The molecule has 0 atom stereocenters. The second-order valence-corrected chi connectivity index (χ2v) is 11.2. The molecule has 27 heavy (non-hydrogen) atoms.